The lowest BCUT2D eigenvalue weighted by atomic mass is 10.0. The summed E-state index contributed by atoms with van der Waals surface area (Å²) in [5.41, 5.74) is -0.351. The van der Waals surface area contributed by atoms with E-state index in [9.17, 15) is 18.0 Å². The van der Waals surface area contributed by atoms with Crippen LogP contribution in [0.3, 0.4) is 0 Å². The number of hydrogen-bond acceptors (Lipinski definition) is 3. The fourth-order valence-electron chi connectivity index (χ4n) is 2.91. The highest BCUT2D eigenvalue weighted by molar-refractivity contribution is 5.92. The van der Waals surface area contributed by atoms with Crippen LogP contribution in [-0.2, 0) is 10.9 Å². The van der Waals surface area contributed by atoms with Crippen LogP contribution in [0.25, 0.3) is 0 Å². The summed E-state index contributed by atoms with van der Waals surface area (Å²) in [7, 11) is 0. The number of halogens is 3. The quantitative estimate of drug-likeness (QED) is 0.901. The van der Waals surface area contributed by atoms with Crippen LogP contribution in [-0.4, -0.2) is 40.2 Å². The second kappa shape index (κ2) is 7.11. The summed E-state index contributed by atoms with van der Waals surface area (Å²) >= 11 is 0. The van der Waals surface area contributed by atoms with Gasteiger partial charge in [0.05, 0.1) is 12.6 Å². The molecule has 0 spiro atoms. The van der Waals surface area contributed by atoms with Gasteiger partial charge in [0.25, 0.3) is 5.91 Å². The molecule has 2 heterocycles. The molecule has 3 rings (SSSR count). The molecule has 1 saturated heterocycles. The molecular weight excluding hydrogens is 347 g/mol. The largest absolute Gasteiger partial charge is 0.432 e. The predicted octanol–water partition coefficient (Wildman–Crippen LogP) is 3.67. The summed E-state index contributed by atoms with van der Waals surface area (Å²) in [6, 6.07) is 10.2. The molecule has 1 aliphatic heterocycles. The molecule has 0 unspecified atom stereocenters. The van der Waals surface area contributed by atoms with Crippen molar-refractivity contribution in [3.05, 3.63) is 53.3 Å². The average Bonchev–Trinajstić information content (AvgIpc) is 3.12. The van der Waals surface area contributed by atoms with E-state index in [0.29, 0.717) is 6.54 Å². The Labute approximate surface area is 149 Å². The van der Waals surface area contributed by atoms with Crippen LogP contribution in [0.15, 0.2) is 36.4 Å². The van der Waals surface area contributed by atoms with E-state index in [1.807, 2.05) is 49.3 Å². The van der Waals surface area contributed by atoms with Crippen molar-refractivity contribution in [2.24, 2.45) is 5.92 Å². The Morgan fingerprint density at radius 1 is 1.27 bits per heavy atom. The van der Waals surface area contributed by atoms with Gasteiger partial charge in [0, 0.05) is 12.6 Å². The lowest BCUT2D eigenvalue weighted by molar-refractivity contribution is -0.141. The zero-order chi connectivity index (χ0) is 18.9. The van der Waals surface area contributed by atoms with Gasteiger partial charge in [-0.25, -0.2) is 0 Å². The van der Waals surface area contributed by atoms with E-state index >= 15 is 0 Å². The second-order valence-corrected chi connectivity index (χ2v) is 6.69. The van der Waals surface area contributed by atoms with E-state index < -0.39 is 17.8 Å². The van der Waals surface area contributed by atoms with Gasteiger partial charge in [-0.15, -0.1) is 0 Å². The number of alkyl halides is 3. The Balaban J connectivity index is 1.83. The molecule has 1 aliphatic rings. The monoisotopic (exact) mass is 367 g/mol. The third-order valence-corrected chi connectivity index (χ3v) is 4.43. The third-order valence-electron chi connectivity index (χ3n) is 4.43. The summed E-state index contributed by atoms with van der Waals surface area (Å²) in [5, 5.41) is 5.44. The molecule has 1 aromatic carbocycles. The van der Waals surface area contributed by atoms with Crippen molar-refractivity contribution in [2.75, 3.05) is 13.1 Å². The molecular formula is C18H20F3N3O2. The Bertz CT molecular complexity index is 759. The van der Waals surface area contributed by atoms with E-state index in [1.165, 1.54) is 4.90 Å². The number of nitrogens with zero attached hydrogens (tertiary/aromatic N) is 2. The van der Waals surface area contributed by atoms with Crippen LogP contribution in [0.5, 0.6) is 0 Å². The van der Waals surface area contributed by atoms with Gasteiger partial charge in [0.1, 0.15) is 11.8 Å². The van der Waals surface area contributed by atoms with Crippen molar-refractivity contribution in [3.8, 4) is 0 Å². The number of carbonyl (C=O) groups is 1. The molecule has 26 heavy (non-hydrogen) atoms. The summed E-state index contributed by atoms with van der Waals surface area (Å²) in [6.45, 7) is 4.54. The third kappa shape index (κ3) is 3.90. The van der Waals surface area contributed by atoms with Crippen LogP contribution in [0.2, 0.25) is 0 Å². The lowest BCUT2D eigenvalue weighted by Crippen LogP contribution is -2.48. The number of rotatable bonds is 3. The van der Waals surface area contributed by atoms with E-state index in [1.54, 1.807) is 0 Å². The minimum Gasteiger partial charge on any atom is -0.366 e. The number of benzene rings is 1. The van der Waals surface area contributed by atoms with Gasteiger partial charge in [0.2, 0.25) is 0 Å². The van der Waals surface area contributed by atoms with E-state index in [4.69, 9.17) is 4.74 Å². The van der Waals surface area contributed by atoms with Gasteiger partial charge in [-0.05, 0) is 11.5 Å². The van der Waals surface area contributed by atoms with Crippen LogP contribution < -0.4 is 0 Å². The van der Waals surface area contributed by atoms with E-state index in [-0.39, 0.29) is 30.4 Å². The summed E-state index contributed by atoms with van der Waals surface area (Å²) < 4.78 is 44.3. The Hall–Kier alpha value is -2.35. The molecule has 2 atom stereocenters. The van der Waals surface area contributed by atoms with Crippen LogP contribution >= 0.6 is 0 Å². The molecule has 2 aromatic rings. The smallest absolute Gasteiger partial charge is 0.366 e. The molecule has 1 aromatic heterocycles. The molecule has 1 fully saturated rings. The fraction of sp³-hybridized carbons (Fsp3) is 0.444. The minimum atomic E-state index is -4.57. The Morgan fingerprint density at radius 3 is 2.54 bits per heavy atom. The predicted molar refractivity (Wildman–Crippen MR) is 88.4 cm³/mol. The van der Waals surface area contributed by atoms with Crippen molar-refractivity contribution < 1.29 is 22.7 Å². The number of H-pyrrole nitrogens is 1. The number of nitrogens with one attached hydrogen (secondary N) is 1. The lowest BCUT2D eigenvalue weighted by Gasteiger charge is -2.39. The number of aromatic nitrogens is 2. The topological polar surface area (TPSA) is 58.2 Å². The molecule has 0 radical (unpaired) electrons. The average molecular weight is 367 g/mol. The number of ether oxygens (including phenoxy) is 1. The van der Waals surface area contributed by atoms with Crippen molar-refractivity contribution >= 4 is 5.91 Å². The maximum Gasteiger partial charge on any atom is 0.432 e. The first-order valence-corrected chi connectivity index (χ1v) is 8.38. The highest BCUT2D eigenvalue weighted by Crippen LogP contribution is 2.30. The molecule has 0 saturated carbocycles. The van der Waals surface area contributed by atoms with E-state index in [2.05, 4.69) is 5.10 Å². The second-order valence-electron chi connectivity index (χ2n) is 6.69. The fourth-order valence-corrected chi connectivity index (χ4v) is 2.91. The van der Waals surface area contributed by atoms with E-state index in [0.717, 1.165) is 11.6 Å². The summed E-state index contributed by atoms with van der Waals surface area (Å²) in [6.07, 6.45) is -5.11. The number of carbonyl (C=O) groups excluding carboxylic acids is 1. The first-order valence-electron chi connectivity index (χ1n) is 8.38. The molecule has 1 N–H and O–H groups in total. The van der Waals surface area contributed by atoms with Gasteiger partial charge in [-0.3, -0.25) is 9.89 Å². The summed E-state index contributed by atoms with van der Waals surface area (Å²) in [4.78, 5) is 14.2. The van der Waals surface area contributed by atoms with Gasteiger partial charge < -0.3 is 9.64 Å². The van der Waals surface area contributed by atoms with Crippen molar-refractivity contribution in [3.63, 3.8) is 0 Å². The molecule has 5 nitrogen and oxygen atoms in total. The number of aromatic amines is 1. The normalized spacial score (nSPS) is 21.2. The Morgan fingerprint density at radius 2 is 1.96 bits per heavy atom. The van der Waals surface area contributed by atoms with Crippen molar-refractivity contribution in [1.82, 2.24) is 15.1 Å². The standard InChI is InChI=1S/C18H20F3N3O2/c1-11(2)14-9-24(10-15(26-14)12-6-4-3-5-7-12)17(25)13-8-16(23-22-13)18(19,20)21/h3-8,11,14-15H,9-10H2,1-2H3,(H,22,23)/t14-,15+/m1/s1. The van der Waals surface area contributed by atoms with Crippen molar-refractivity contribution in [1.29, 1.82) is 0 Å². The van der Waals surface area contributed by atoms with Crippen molar-refractivity contribution in [2.45, 2.75) is 32.2 Å². The summed E-state index contributed by atoms with van der Waals surface area (Å²) in [5.74, 6) is -0.381. The van der Waals surface area contributed by atoms with Gasteiger partial charge in [-0.1, -0.05) is 44.2 Å². The number of morpholine rings is 1. The molecule has 0 bridgehead atoms. The van der Waals surface area contributed by atoms with Crippen LogP contribution in [0, 0.1) is 5.92 Å². The van der Waals surface area contributed by atoms with Gasteiger partial charge >= 0.3 is 6.18 Å². The van der Waals surface area contributed by atoms with Gasteiger partial charge in [-0.2, -0.15) is 18.3 Å². The molecule has 0 aliphatic carbocycles. The molecule has 8 heteroatoms. The number of amides is 1. The van der Waals surface area contributed by atoms with Crippen LogP contribution in [0.1, 0.15) is 41.7 Å². The first-order chi connectivity index (χ1) is 12.3. The van der Waals surface area contributed by atoms with Gasteiger partial charge in [0.15, 0.2) is 5.69 Å². The highest BCUT2D eigenvalue weighted by Gasteiger charge is 2.37. The first kappa shape index (κ1) is 18.4. The number of hydrogen-bond donors (Lipinski definition) is 1. The Kier molecular flexibility index (Phi) is 5.04. The minimum absolute atomic E-state index is 0.154. The van der Waals surface area contributed by atoms with Crippen LogP contribution in [0.4, 0.5) is 13.2 Å². The molecule has 1 amide bonds. The molecule has 140 valence electrons. The zero-order valence-electron chi connectivity index (χ0n) is 14.5. The maximum absolute atomic E-state index is 12.7. The maximum atomic E-state index is 12.7. The zero-order valence-corrected chi connectivity index (χ0v) is 14.5. The highest BCUT2D eigenvalue weighted by atomic mass is 19.4. The SMILES string of the molecule is CC(C)[C@H]1CN(C(=O)c2cc(C(F)(F)F)[nH]n2)C[C@@H](c2ccccc2)O1.